The number of halogens is 1. The molecule has 1 aromatic carbocycles. The minimum absolute atomic E-state index is 0.331. The zero-order valence-corrected chi connectivity index (χ0v) is 12.1. The molecular formula is C13H16ClNO2S. The van der Waals surface area contributed by atoms with Gasteiger partial charge in [-0.25, -0.2) is 8.42 Å². The van der Waals surface area contributed by atoms with E-state index in [0.29, 0.717) is 21.4 Å². The second-order valence-electron chi connectivity index (χ2n) is 4.26. The van der Waals surface area contributed by atoms with Crippen molar-refractivity contribution in [2.24, 2.45) is 0 Å². The Morgan fingerprint density at radius 3 is 2.50 bits per heavy atom. The van der Waals surface area contributed by atoms with Crippen LogP contribution in [0.15, 0.2) is 28.0 Å². The third kappa shape index (κ3) is 2.32. The van der Waals surface area contributed by atoms with Gasteiger partial charge in [-0.1, -0.05) is 31.5 Å². The Balaban J connectivity index is 2.38. The second kappa shape index (κ2) is 5.03. The molecule has 0 bridgehead atoms. The maximum atomic E-state index is 12.4. The van der Waals surface area contributed by atoms with Gasteiger partial charge in [0, 0.05) is 11.6 Å². The van der Waals surface area contributed by atoms with E-state index in [0.717, 1.165) is 18.7 Å². The summed E-state index contributed by atoms with van der Waals surface area (Å²) in [5.74, 6) is 0. The predicted octanol–water partition coefficient (Wildman–Crippen LogP) is 2.81. The number of fused-ring (bicyclic) bond motifs is 1. The molecule has 1 heterocycles. The summed E-state index contributed by atoms with van der Waals surface area (Å²) in [4.78, 5) is 2.87. The van der Waals surface area contributed by atoms with Crippen LogP contribution in [0.5, 0.6) is 0 Å². The lowest BCUT2D eigenvalue weighted by molar-refractivity contribution is 0.334. The molecule has 0 atom stereocenters. The summed E-state index contributed by atoms with van der Waals surface area (Å²) in [5.41, 5.74) is 0.738. The lowest BCUT2D eigenvalue weighted by atomic mass is 10.2. The van der Waals surface area contributed by atoms with Crippen LogP contribution in [0.25, 0.3) is 6.08 Å². The van der Waals surface area contributed by atoms with Crippen LogP contribution in [0.4, 0.5) is 0 Å². The van der Waals surface area contributed by atoms with Gasteiger partial charge in [0.05, 0.1) is 9.80 Å². The summed E-state index contributed by atoms with van der Waals surface area (Å²) < 4.78 is 24.7. The van der Waals surface area contributed by atoms with Crippen molar-refractivity contribution in [3.05, 3.63) is 33.7 Å². The summed E-state index contributed by atoms with van der Waals surface area (Å²) in [6.07, 6.45) is 1.75. The highest BCUT2D eigenvalue weighted by Crippen LogP contribution is 2.34. The van der Waals surface area contributed by atoms with E-state index in [4.69, 9.17) is 11.6 Å². The van der Waals surface area contributed by atoms with E-state index in [1.165, 1.54) is 6.07 Å². The zero-order valence-electron chi connectivity index (χ0n) is 10.5. The Kier molecular flexibility index (Phi) is 3.80. The van der Waals surface area contributed by atoms with Gasteiger partial charge in [0.1, 0.15) is 0 Å². The predicted molar refractivity (Wildman–Crippen MR) is 74.4 cm³/mol. The largest absolute Gasteiger partial charge is 0.299 e. The van der Waals surface area contributed by atoms with E-state index in [1.54, 1.807) is 18.2 Å². The van der Waals surface area contributed by atoms with E-state index in [9.17, 15) is 8.42 Å². The standard InChI is InChI=1S/C13H16ClNO2S/c1-3-15(4-2)9-12-7-10-5-6-11(14)8-13(10)18(12,16)17/h5-8H,3-4,9H2,1-2H3. The molecule has 3 nitrogen and oxygen atoms in total. The Labute approximate surface area is 113 Å². The van der Waals surface area contributed by atoms with E-state index in [2.05, 4.69) is 4.90 Å². The molecule has 2 rings (SSSR count). The van der Waals surface area contributed by atoms with Crippen LogP contribution >= 0.6 is 11.6 Å². The van der Waals surface area contributed by atoms with Crippen molar-refractivity contribution in [1.82, 2.24) is 4.90 Å². The van der Waals surface area contributed by atoms with Gasteiger partial charge in [0.2, 0.25) is 9.84 Å². The number of rotatable bonds is 4. The molecule has 0 spiro atoms. The van der Waals surface area contributed by atoms with Crippen LogP contribution in [0.1, 0.15) is 19.4 Å². The fourth-order valence-corrected chi connectivity index (χ4v) is 3.92. The van der Waals surface area contributed by atoms with Crippen LogP contribution in [-0.4, -0.2) is 33.0 Å². The second-order valence-corrected chi connectivity index (χ2v) is 6.67. The first-order valence-electron chi connectivity index (χ1n) is 5.96. The van der Waals surface area contributed by atoms with Crippen LogP contribution in [0.2, 0.25) is 5.02 Å². The molecular weight excluding hydrogens is 270 g/mol. The molecule has 0 amide bonds. The lowest BCUT2D eigenvalue weighted by Crippen LogP contribution is -2.26. The topological polar surface area (TPSA) is 37.4 Å². The third-order valence-electron chi connectivity index (χ3n) is 3.20. The fraction of sp³-hybridized carbons (Fsp3) is 0.385. The quantitative estimate of drug-likeness (QED) is 0.854. The highest BCUT2D eigenvalue weighted by Gasteiger charge is 2.30. The highest BCUT2D eigenvalue weighted by atomic mass is 35.5. The molecule has 1 aliphatic heterocycles. The molecule has 5 heteroatoms. The van der Waals surface area contributed by atoms with Crippen molar-refractivity contribution < 1.29 is 8.42 Å². The first-order chi connectivity index (χ1) is 8.48. The van der Waals surface area contributed by atoms with E-state index < -0.39 is 9.84 Å². The Bertz CT molecular complexity index is 589. The van der Waals surface area contributed by atoms with Gasteiger partial charge in [-0.3, -0.25) is 4.90 Å². The molecule has 0 N–H and O–H groups in total. The summed E-state index contributed by atoms with van der Waals surface area (Å²) >= 11 is 5.86. The molecule has 0 aliphatic carbocycles. The third-order valence-corrected chi connectivity index (χ3v) is 5.31. The molecule has 1 aromatic rings. The van der Waals surface area contributed by atoms with Crippen molar-refractivity contribution in [2.45, 2.75) is 18.7 Å². The normalized spacial score (nSPS) is 16.8. The average Bonchev–Trinajstić information content (AvgIpc) is 2.58. The van der Waals surface area contributed by atoms with E-state index in [-0.39, 0.29) is 0 Å². The smallest absolute Gasteiger partial charge is 0.204 e. The van der Waals surface area contributed by atoms with Crippen LogP contribution in [0.3, 0.4) is 0 Å². The number of hydrogen-bond acceptors (Lipinski definition) is 3. The SMILES string of the molecule is CCN(CC)CC1=Cc2ccc(Cl)cc2S1(=O)=O. The Morgan fingerprint density at radius 2 is 1.89 bits per heavy atom. The molecule has 18 heavy (non-hydrogen) atoms. The number of nitrogens with zero attached hydrogens (tertiary/aromatic N) is 1. The molecule has 0 radical (unpaired) electrons. The summed E-state index contributed by atoms with van der Waals surface area (Å²) in [5, 5.41) is 0.454. The molecule has 0 unspecified atom stereocenters. The Morgan fingerprint density at radius 1 is 1.22 bits per heavy atom. The number of likely N-dealkylation sites (N-methyl/N-ethyl adjacent to an activating group) is 1. The van der Waals surface area contributed by atoms with E-state index >= 15 is 0 Å². The van der Waals surface area contributed by atoms with Crippen LogP contribution < -0.4 is 0 Å². The van der Waals surface area contributed by atoms with Gasteiger partial charge in [-0.2, -0.15) is 0 Å². The van der Waals surface area contributed by atoms with Crippen molar-refractivity contribution in [3.8, 4) is 0 Å². The first kappa shape index (κ1) is 13.6. The van der Waals surface area contributed by atoms with Gasteiger partial charge in [0.15, 0.2) is 0 Å². The number of sulfone groups is 1. The van der Waals surface area contributed by atoms with Crippen molar-refractivity contribution in [2.75, 3.05) is 19.6 Å². The van der Waals surface area contributed by atoms with Gasteiger partial charge in [0.25, 0.3) is 0 Å². The van der Waals surface area contributed by atoms with Gasteiger partial charge in [-0.05, 0) is 36.9 Å². The lowest BCUT2D eigenvalue weighted by Gasteiger charge is -2.18. The van der Waals surface area contributed by atoms with Crippen molar-refractivity contribution >= 4 is 27.5 Å². The summed E-state index contributed by atoms with van der Waals surface area (Å²) in [6, 6.07) is 5.00. The van der Waals surface area contributed by atoms with Gasteiger partial charge >= 0.3 is 0 Å². The van der Waals surface area contributed by atoms with Gasteiger partial charge in [-0.15, -0.1) is 0 Å². The van der Waals surface area contributed by atoms with Crippen molar-refractivity contribution in [3.63, 3.8) is 0 Å². The maximum Gasteiger partial charge on any atom is 0.204 e. The molecule has 0 saturated carbocycles. The fourth-order valence-electron chi connectivity index (χ4n) is 2.05. The summed E-state index contributed by atoms with van der Waals surface area (Å²) in [6.45, 7) is 6.17. The first-order valence-corrected chi connectivity index (χ1v) is 7.82. The number of benzene rings is 1. The average molecular weight is 286 g/mol. The molecule has 98 valence electrons. The zero-order chi connectivity index (χ0) is 13.3. The molecule has 0 aromatic heterocycles. The number of hydrogen-bond donors (Lipinski definition) is 0. The molecule has 0 saturated heterocycles. The molecule has 0 fully saturated rings. The van der Waals surface area contributed by atoms with Crippen LogP contribution in [-0.2, 0) is 9.84 Å². The minimum Gasteiger partial charge on any atom is -0.299 e. The van der Waals surface area contributed by atoms with Crippen LogP contribution in [0, 0.1) is 0 Å². The van der Waals surface area contributed by atoms with Crippen molar-refractivity contribution in [1.29, 1.82) is 0 Å². The van der Waals surface area contributed by atoms with Gasteiger partial charge < -0.3 is 0 Å². The monoisotopic (exact) mass is 285 g/mol. The summed E-state index contributed by atoms with van der Waals surface area (Å²) in [7, 11) is -3.35. The van der Waals surface area contributed by atoms with E-state index in [1.807, 2.05) is 13.8 Å². The minimum atomic E-state index is -3.35. The maximum absolute atomic E-state index is 12.4. The molecule has 1 aliphatic rings. The Hall–Kier alpha value is -0.840. The highest BCUT2D eigenvalue weighted by molar-refractivity contribution is 7.95.